The molecule has 3 rings (SSSR count). The van der Waals surface area contributed by atoms with Crippen LogP contribution in [0.5, 0.6) is 0 Å². The van der Waals surface area contributed by atoms with E-state index in [1.165, 1.54) is 6.07 Å². The molecule has 0 radical (unpaired) electrons. The maximum atomic E-state index is 13.6. The van der Waals surface area contributed by atoms with E-state index in [0.29, 0.717) is 30.5 Å². The topological polar surface area (TPSA) is 62.5 Å². The van der Waals surface area contributed by atoms with Crippen LogP contribution in [0.25, 0.3) is 11.5 Å². The number of aromatic nitrogens is 1. The second-order valence-corrected chi connectivity index (χ2v) is 5.38. The van der Waals surface area contributed by atoms with Crippen LogP contribution in [0, 0.1) is 5.82 Å². The highest BCUT2D eigenvalue weighted by Crippen LogP contribution is 2.17. The van der Waals surface area contributed by atoms with E-state index in [4.69, 9.17) is 4.42 Å². The molecule has 5 nitrogen and oxygen atoms in total. The molecular formula is C19H19FN4O. The average Bonchev–Trinajstić information content (AvgIpc) is 3.13. The van der Waals surface area contributed by atoms with E-state index in [9.17, 15) is 4.39 Å². The molecule has 0 saturated carbocycles. The van der Waals surface area contributed by atoms with Crippen LogP contribution in [0.2, 0.25) is 0 Å². The smallest absolute Gasteiger partial charge is 0.226 e. The Kier molecular flexibility index (Phi) is 5.41. The molecule has 1 aromatic heterocycles. The zero-order valence-corrected chi connectivity index (χ0v) is 13.9. The zero-order valence-electron chi connectivity index (χ0n) is 13.9. The van der Waals surface area contributed by atoms with E-state index in [-0.39, 0.29) is 5.82 Å². The normalized spacial score (nSPS) is 11.4. The van der Waals surface area contributed by atoms with Gasteiger partial charge in [-0.2, -0.15) is 0 Å². The van der Waals surface area contributed by atoms with Crippen LogP contribution < -0.4 is 10.6 Å². The van der Waals surface area contributed by atoms with E-state index < -0.39 is 0 Å². The summed E-state index contributed by atoms with van der Waals surface area (Å²) in [6.07, 6.45) is 1.61. The molecule has 0 fully saturated rings. The lowest BCUT2D eigenvalue weighted by molar-refractivity contribution is 0.572. The number of hydrogen-bond donors (Lipinski definition) is 2. The van der Waals surface area contributed by atoms with Crippen LogP contribution in [0.4, 0.5) is 4.39 Å². The average molecular weight is 338 g/mol. The Bertz CT molecular complexity index is 845. The van der Waals surface area contributed by atoms with Gasteiger partial charge in [-0.25, -0.2) is 9.37 Å². The fourth-order valence-corrected chi connectivity index (χ4v) is 2.32. The minimum atomic E-state index is -0.241. The molecular weight excluding hydrogens is 319 g/mol. The van der Waals surface area contributed by atoms with Gasteiger partial charge < -0.3 is 15.1 Å². The fraction of sp³-hybridized carbons (Fsp3) is 0.158. The van der Waals surface area contributed by atoms with Crippen LogP contribution in [0.1, 0.15) is 11.3 Å². The number of guanidine groups is 1. The molecule has 2 N–H and O–H groups in total. The van der Waals surface area contributed by atoms with E-state index in [1.807, 2.05) is 30.3 Å². The van der Waals surface area contributed by atoms with Crippen LogP contribution in [0.3, 0.4) is 0 Å². The Morgan fingerprint density at radius 2 is 1.76 bits per heavy atom. The van der Waals surface area contributed by atoms with Gasteiger partial charge in [0.15, 0.2) is 5.96 Å². The lowest BCUT2D eigenvalue weighted by Gasteiger charge is -2.11. The molecule has 25 heavy (non-hydrogen) atoms. The van der Waals surface area contributed by atoms with Gasteiger partial charge in [-0.15, -0.1) is 0 Å². The number of nitrogens with one attached hydrogen (secondary N) is 2. The van der Waals surface area contributed by atoms with Gasteiger partial charge in [-0.1, -0.05) is 36.4 Å². The number of oxazole rings is 1. The first-order valence-corrected chi connectivity index (χ1v) is 7.94. The van der Waals surface area contributed by atoms with Crippen molar-refractivity contribution in [1.82, 2.24) is 15.6 Å². The summed E-state index contributed by atoms with van der Waals surface area (Å²) in [7, 11) is 1.66. The van der Waals surface area contributed by atoms with Crippen molar-refractivity contribution in [2.75, 3.05) is 7.05 Å². The first-order valence-electron chi connectivity index (χ1n) is 7.94. The minimum Gasteiger partial charge on any atom is -0.444 e. The van der Waals surface area contributed by atoms with Crippen molar-refractivity contribution >= 4 is 5.96 Å². The third-order valence-electron chi connectivity index (χ3n) is 3.64. The molecule has 0 amide bonds. The molecule has 0 aliphatic rings. The summed E-state index contributed by atoms with van der Waals surface area (Å²) in [5.41, 5.74) is 2.27. The van der Waals surface area contributed by atoms with Crippen LogP contribution >= 0.6 is 0 Å². The summed E-state index contributed by atoms with van der Waals surface area (Å²) in [4.78, 5) is 8.57. The van der Waals surface area contributed by atoms with Crippen LogP contribution in [-0.4, -0.2) is 18.0 Å². The number of benzene rings is 2. The molecule has 0 bridgehead atoms. The second kappa shape index (κ2) is 8.10. The fourth-order valence-electron chi connectivity index (χ4n) is 2.32. The van der Waals surface area contributed by atoms with Crippen molar-refractivity contribution in [2.24, 2.45) is 4.99 Å². The molecule has 3 aromatic rings. The van der Waals surface area contributed by atoms with Gasteiger partial charge >= 0.3 is 0 Å². The lowest BCUT2D eigenvalue weighted by atomic mass is 10.2. The number of nitrogens with zero attached hydrogens (tertiary/aromatic N) is 2. The highest BCUT2D eigenvalue weighted by Gasteiger charge is 2.07. The van der Waals surface area contributed by atoms with Crippen molar-refractivity contribution in [3.8, 4) is 11.5 Å². The SMILES string of the molecule is CN=C(NCc1coc(-c2ccccc2)n1)NCc1ccccc1F. The molecule has 0 aliphatic carbocycles. The molecule has 0 spiro atoms. The van der Waals surface area contributed by atoms with Gasteiger partial charge in [0, 0.05) is 24.7 Å². The van der Waals surface area contributed by atoms with Crippen molar-refractivity contribution < 1.29 is 8.81 Å². The Morgan fingerprint density at radius 3 is 2.52 bits per heavy atom. The van der Waals surface area contributed by atoms with Gasteiger partial charge in [0.05, 0.1) is 12.2 Å². The summed E-state index contributed by atoms with van der Waals surface area (Å²) in [5.74, 6) is 0.897. The van der Waals surface area contributed by atoms with E-state index in [2.05, 4.69) is 20.6 Å². The quantitative estimate of drug-likeness (QED) is 0.553. The standard InChI is InChI=1S/C19H19FN4O/c1-21-19(22-11-15-9-5-6-10-17(15)20)23-12-16-13-25-18(24-16)14-7-3-2-4-8-14/h2-10,13H,11-12H2,1H3,(H2,21,22,23). The highest BCUT2D eigenvalue weighted by molar-refractivity contribution is 5.79. The summed E-state index contributed by atoms with van der Waals surface area (Å²) in [5, 5.41) is 6.21. The van der Waals surface area contributed by atoms with Gasteiger partial charge in [-0.05, 0) is 18.2 Å². The zero-order chi connectivity index (χ0) is 17.5. The largest absolute Gasteiger partial charge is 0.444 e. The number of hydrogen-bond acceptors (Lipinski definition) is 3. The molecule has 128 valence electrons. The molecule has 0 saturated heterocycles. The second-order valence-electron chi connectivity index (χ2n) is 5.38. The summed E-state index contributed by atoms with van der Waals surface area (Å²) in [6, 6.07) is 16.3. The van der Waals surface area contributed by atoms with Gasteiger partial charge in [0.2, 0.25) is 5.89 Å². The molecule has 0 unspecified atom stereocenters. The van der Waals surface area contributed by atoms with E-state index in [1.54, 1.807) is 31.5 Å². The monoisotopic (exact) mass is 338 g/mol. The Morgan fingerprint density at radius 1 is 1.04 bits per heavy atom. The predicted octanol–water partition coefficient (Wildman–Crippen LogP) is 3.35. The maximum Gasteiger partial charge on any atom is 0.226 e. The molecule has 1 heterocycles. The summed E-state index contributed by atoms with van der Waals surface area (Å²) < 4.78 is 19.1. The summed E-state index contributed by atoms with van der Waals surface area (Å²) >= 11 is 0. The predicted molar refractivity (Wildman–Crippen MR) is 95.4 cm³/mol. The van der Waals surface area contributed by atoms with Gasteiger partial charge in [-0.3, -0.25) is 4.99 Å². The molecule has 6 heteroatoms. The number of rotatable bonds is 5. The molecule has 2 aromatic carbocycles. The van der Waals surface area contributed by atoms with Crippen molar-refractivity contribution in [1.29, 1.82) is 0 Å². The van der Waals surface area contributed by atoms with Crippen LogP contribution in [-0.2, 0) is 13.1 Å². The Labute approximate surface area is 145 Å². The number of halogens is 1. The maximum absolute atomic E-state index is 13.6. The minimum absolute atomic E-state index is 0.241. The van der Waals surface area contributed by atoms with Crippen molar-refractivity contribution in [2.45, 2.75) is 13.1 Å². The van der Waals surface area contributed by atoms with Gasteiger partial charge in [0.25, 0.3) is 0 Å². The first-order chi connectivity index (χ1) is 12.3. The lowest BCUT2D eigenvalue weighted by Crippen LogP contribution is -2.36. The van der Waals surface area contributed by atoms with Crippen molar-refractivity contribution in [3.05, 3.63) is 77.9 Å². The Balaban J connectivity index is 1.55. The first kappa shape index (κ1) is 16.7. The highest BCUT2D eigenvalue weighted by atomic mass is 19.1. The molecule has 0 aliphatic heterocycles. The number of aliphatic imine (C=N–C) groups is 1. The van der Waals surface area contributed by atoms with Crippen LogP contribution in [0.15, 0.2) is 70.3 Å². The van der Waals surface area contributed by atoms with Crippen molar-refractivity contribution in [3.63, 3.8) is 0 Å². The van der Waals surface area contributed by atoms with E-state index >= 15 is 0 Å². The van der Waals surface area contributed by atoms with Gasteiger partial charge in [0.1, 0.15) is 12.1 Å². The molecule has 0 atom stereocenters. The van der Waals surface area contributed by atoms with E-state index in [0.717, 1.165) is 11.3 Å². The Hall–Kier alpha value is -3.15. The summed E-state index contributed by atoms with van der Waals surface area (Å²) in [6.45, 7) is 0.799. The third-order valence-corrected chi connectivity index (χ3v) is 3.64. The third kappa shape index (κ3) is 4.44.